The van der Waals surface area contributed by atoms with Crippen LogP contribution >= 0.6 is 15.9 Å². The van der Waals surface area contributed by atoms with E-state index in [9.17, 15) is 13.2 Å². The third-order valence-corrected chi connectivity index (χ3v) is 7.72. The van der Waals surface area contributed by atoms with Crippen LogP contribution in [0.3, 0.4) is 0 Å². The van der Waals surface area contributed by atoms with Crippen molar-refractivity contribution in [3.8, 4) is 5.75 Å². The van der Waals surface area contributed by atoms with Crippen molar-refractivity contribution in [3.63, 3.8) is 0 Å². The number of hydrogen-bond acceptors (Lipinski definition) is 4. The van der Waals surface area contributed by atoms with E-state index in [0.717, 1.165) is 30.6 Å². The first-order chi connectivity index (χ1) is 14.8. The number of carbonyl (C=O) groups excluding carboxylic acids is 1. The molecule has 5 nitrogen and oxygen atoms in total. The van der Waals surface area contributed by atoms with E-state index in [0.29, 0.717) is 4.47 Å². The Bertz CT molecular complexity index is 1230. The molecule has 1 aliphatic rings. The zero-order valence-electron chi connectivity index (χ0n) is 17.0. The van der Waals surface area contributed by atoms with E-state index in [4.69, 9.17) is 4.74 Å². The summed E-state index contributed by atoms with van der Waals surface area (Å²) in [5.74, 6) is 0.0612. The minimum atomic E-state index is -3.99. The number of ether oxygens (including phenoxy) is 1. The number of rotatable bonds is 5. The normalized spacial score (nSPS) is 18.0. The number of sulfonamides is 1. The molecule has 0 fully saturated rings. The van der Waals surface area contributed by atoms with Gasteiger partial charge in [0, 0.05) is 16.5 Å². The summed E-state index contributed by atoms with van der Waals surface area (Å²) in [6.07, 6.45) is 2.34. The largest absolute Gasteiger partial charge is 0.487 e. The van der Waals surface area contributed by atoms with Gasteiger partial charge in [-0.05, 0) is 77.2 Å². The quantitative estimate of drug-likeness (QED) is 0.542. The molecule has 0 saturated heterocycles. The van der Waals surface area contributed by atoms with E-state index in [2.05, 4.69) is 39.7 Å². The van der Waals surface area contributed by atoms with E-state index < -0.39 is 15.9 Å². The fraction of sp³-hybridized carbons (Fsp3) is 0.208. The van der Waals surface area contributed by atoms with E-state index in [1.807, 2.05) is 18.2 Å². The fourth-order valence-electron chi connectivity index (χ4n) is 3.78. The SMILES string of the molecule is CC1(Cc2ccccc2)CCc2cc(C(=O)NS(=O)(=O)c3ccccc3Br)ccc2O1. The highest BCUT2D eigenvalue weighted by Gasteiger charge is 2.32. The summed E-state index contributed by atoms with van der Waals surface area (Å²) in [4.78, 5) is 12.7. The van der Waals surface area contributed by atoms with Crippen LogP contribution in [0.5, 0.6) is 5.75 Å². The monoisotopic (exact) mass is 499 g/mol. The molecule has 1 aliphatic heterocycles. The van der Waals surface area contributed by atoms with Crippen molar-refractivity contribution < 1.29 is 17.9 Å². The molecule has 4 rings (SSSR count). The lowest BCUT2D eigenvalue weighted by molar-refractivity contribution is 0.0654. The smallest absolute Gasteiger partial charge is 0.265 e. The van der Waals surface area contributed by atoms with Crippen LogP contribution in [0.15, 0.2) is 82.2 Å². The average molecular weight is 500 g/mol. The Balaban J connectivity index is 1.50. The number of fused-ring (bicyclic) bond motifs is 1. The Morgan fingerprint density at radius 1 is 1.06 bits per heavy atom. The molecule has 1 amide bonds. The van der Waals surface area contributed by atoms with E-state index in [1.165, 1.54) is 11.6 Å². The zero-order chi connectivity index (χ0) is 22.1. The topological polar surface area (TPSA) is 72.5 Å². The Labute approximate surface area is 190 Å². The van der Waals surface area contributed by atoms with Crippen molar-refractivity contribution in [3.05, 3.63) is 94.0 Å². The molecule has 0 aromatic heterocycles. The number of aryl methyl sites for hydroxylation is 1. The lowest BCUT2D eigenvalue weighted by Gasteiger charge is -2.36. The van der Waals surface area contributed by atoms with Crippen molar-refractivity contribution in [2.24, 2.45) is 0 Å². The van der Waals surface area contributed by atoms with Gasteiger partial charge in [0.05, 0.1) is 0 Å². The second kappa shape index (κ2) is 8.48. The highest BCUT2D eigenvalue weighted by molar-refractivity contribution is 9.10. The van der Waals surface area contributed by atoms with E-state index in [-0.39, 0.29) is 16.1 Å². The summed E-state index contributed by atoms with van der Waals surface area (Å²) >= 11 is 3.21. The first kappa shape index (κ1) is 21.6. The van der Waals surface area contributed by atoms with Crippen LogP contribution < -0.4 is 9.46 Å². The Morgan fingerprint density at radius 3 is 2.52 bits per heavy atom. The Kier molecular flexibility index (Phi) is 5.90. The lowest BCUT2D eigenvalue weighted by atomic mass is 9.87. The molecular formula is C24H22BrNO4S. The van der Waals surface area contributed by atoms with Crippen molar-refractivity contribution in [1.29, 1.82) is 0 Å². The standard InChI is InChI=1S/C24H22BrNO4S/c1-24(16-17-7-3-2-4-8-17)14-13-18-15-19(11-12-21(18)30-24)23(27)26-31(28,29)22-10-6-5-9-20(22)25/h2-12,15H,13-14,16H2,1H3,(H,26,27). The van der Waals surface area contributed by atoms with Crippen LogP contribution in [-0.2, 0) is 22.9 Å². The summed E-state index contributed by atoms with van der Waals surface area (Å²) < 4.78 is 34.0. The van der Waals surface area contributed by atoms with Gasteiger partial charge < -0.3 is 4.74 Å². The van der Waals surface area contributed by atoms with Gasteiger partial charge in [-0.3, -0.25) is 4.79 Å². The maximum Gasteiger partial charge on any atom is 0.265 e. The number of hydrogen-bond donors (Lipinski definition) is 1. The molecule has 0 saturated carbocycles. The number of carbonyl (C=O) groups is 1. The number of halogens is 1. The first-order valence-electron chi connectivity index (χ1n) is 9.93. The van der Waals surface area contributed by atoms with Crippen LogP contribution in [-0.4, -0.2) is 19.9 Å². The maximum atomic E-state index is 12.7. The highest BCUT2D eigenvalue weighted by Crippen LogP contribution is 2.35. The molecule has 3 aromatic carbocycles. The third-order valence-electron chi connectivity index (χ3n) is 5.38. The predicted octanol–water partition coefficient (Wildman–Crippen LogP) is 4.89. The molecule has 1 atom stereocenters. The summed E-state index contributed by atoms with van der Waals surface area (Å²) in [6, 6.07) is 21.6. The lowest BCUT2D eigenvalue weighted by Crippen LogP contribution is -2.38. The molecule has 7 heteroatoms. The van der Waals surface area contributed by atoms with Gasteiger partial charge in [0.1, 0.15) is 16.2 Å². The van der Waals surface area contributed by atoms with Gasteiger partial charge in [0.25, 0.3) is 15.9 Å². The molecular weight excluding hydrogens is 478 g/mol. The van der Waals surface area contributed by atoms with Gasteiger partial charge in [-0.1, -0.05) is 42.5 Å². The van der Waals surface area contributed by atoms with Crippen LogP contribution in [0.1, 0.15) is 34.8 Å². The molecule has 0 radical (unpaired) electrons. The minimum absolute atomic E-state index is 0.0151. The van der Waals surface area contributed by atoms with E-state index >= 15 is 0 Å². The van der Waals surface area contributed by atoms with Crippen molar-refractivity contribution in [2.45, 2.75) is 36.7 Å². The summed E-state index contributed by atoms with van der Waals surface area (Å²) in [5, 5.41) is 0. The Hall–Kier alpha value is -2.64. The molecule has 1 unspecified atom stereocenters. The predicted molar refractivity (Wildman–Crippen MR) is 123 cm³/mol. The maximum absolute atomic E-state index is 12.7. The molecule has 1 N–H and O–H groups in total. The molecule has 160 valence electrons. The average Bonchev–Trinajstić information content (AvgIpc) is 2.73. The molecule has 0 aliphatic carbocycles. The molecule has 0 bridgehead atoms. The van der Waals surface area contributed by atoms with Crippen molar-refractivity contribution in [2.75, 3.05) is 0 Å². The summed E-state index contributed by atoms with van der Waals surface area (Å²) in [6.45, 7) is 2.09. The summed E-state index contributed by atoms with van der Waals surface area (Å²) in [7, 11) is -3.99. The van der Waals surface area contributed by atoms with Gasteiger partial charge in [0.15, 0.2) is 0 Å². The molecule has 31 heavy (non-hydrogen) atoms. The highest BCUT2D eigenvalue weighted by atomic mass is 79.9. The number of benzene rings is 3. The first-order valence-corrected chi connectivity index (χ1v) is 12.2. The van der Waals surface area contributed by atoms with Crippen LogP contribution in [0.4, 0.5) is 0 Å². The Morgan fingerprint density at radius 2 is 1.77 bits per heavy atom. The molecule has 0 spiro atoms. The summed E-state index contributed by atoms with van der Waals surface area (Å²) in [5.41, 5.74) is 2.06. The second-order valence-electron chi connectivity index (χ2n) is 7.90. The zero-order valence-corrected chi connectivity index (χ0v) is 19.4. The molecule has 3 aromatic rings. The van der Waals surface area contributed by atoms with Crippen molar-refractivity contribution in [1.82, 2.24) is 4.72 Å². The van der Waals surface area contributed by atoms with Gasteiger partial charge in [-0.25, -0.2) is 13.1 Å². The van der Waals surface area contributed by atoms with Gasteiger partial charge in [-0.2, -0.15) is 0 Å². The van der Waals surface area contributed by atoms with Gasteiger partial charge >= 0.3 is 0 Å². The third kappa shape index (κ3) is 4.83. The minimum Gasteiger partial charge on any atom is -0.487 e. The van der Waals surface area contributed by atoms with Gasteiger partial charge in [-0.15, -0.1) is 0 Å². The second-order valence-corrected chi connectivity index (χ2v) is 10.4. The van der Waals surface area contributed by atoms with Crippen LogP contribution in [0.2, 0.25) is 0 Å². The number of amides is 1. The number of nitrogens with one attached hydrogen (secondary N) is 1. The molecule has 1 heterocycles. The van der Waals surface area contributed by atoms with Crippen molar-refractivity contribution >= 4 is 31.9 Å². The van der Waals surface area contributed by atoms with Crippen LogP contribution in [0.25, 0.3) is 0 Å². The fourth-order valence-corrected chi connectivity index (χ4v) is 5.76. The van der Waals surface area contributed by atoms with Crippen LogP contribution in [0, 0.1) is 0 Å². The van der Waals surface area contributed by atoms with E-state index in [1.54, 1.807) is 36.4 Å². The van der Waals surface area contributed by atoms with Gasteiger partial charge in [0.2, 0.25) is 0 Å².